The molecule has 1 N–H and O–H groups in total. The van der Waals surface area contributed by atoms with Crippen molar-refractivity contribution in [2.24, 2.45) is 0 Å². The number of hydrogen-bond acceptors (Lipinski definition) is 4. The summed E-state index contributed by atoms with van der Waals surface area (Å²) in [5.41, 5.74) is 1.11. The molecule has 1 aromatic heterocycles. The largest absolute Gasteiger partial charge is 0.371 e. The van der Waals surface area contributed by atoms with Crippen molar-refractivity contribution >= 4 is 11.5 Å². The van der Waals surface area contributed by atoms with Crippen molar-refractivity contribution in [1.82, 2.24) is 4.98 Å². The van der Waals surface area contributed by atoms with Crippen LogP contribution in [0.15, 0.2) is 18.3 Å². The van der Waals surface area contributed by atoms with Gasteiger partial charge in [0.25, 0.3) is 0 Å². The van der Waals surface area contributed by atoms with Gasteiger partial charge in [0.15, 0.2) is 0 Å². The van der Waals surface area contributed by atoms with Crippen LogP contribution in [0.1, 0.15) is 20.3 Å². The average Bonchev–Trinajstić information content (AvgIpc) is 2.31. The van der Waals surface area contributed by atoms with Crippen LogP contribution in [0.25, 0.3) is 0 Å². The maximum atomic E-state index is 8.60. The zero-order valence-corrected chi connectivity index (χ0v) is 9.90. The number of nitriles is 1. The Morgan fingerprint density at radius 2 is 2.31 bits per heavy atom. The number of nitrogens with one attached hydrogen (secondary N) is 1. The van der Waals surface area contributed by atoms with E-state index in [-0.39, 0.29) is 0 Å². The van der Waals surface area contributed by atoms with Crippen molar-refractivity contribution in [3.63, 3.8) is 0 Å². The minimum absolute atomic E-state index is 0.548. The minimum Gasteiger partial charge on any atom is -0.371 e. The van der Waals surface area contributed by atoms with Crippen LogP contribution in [0.3, 0.4) is 0 Å². The first-order chi connectivity index (χ1) is 7.81. The lowest BCUT2D eigenvalue weighted by molar-refractivity contribution is 0.826. The molecule has 1 aromatic rings. The molecule has 4 heteroatoms. The Bertz CT molecular complexity index is 356. The lowest BCUT2D eigenvalue weighted by atomic mass is 10.3. The zero-order chi connectivity index (χ0) is 11.8. The summed E-state index contributed by atoms with van der Waals surface area (Å²) in [5.74, 6) is 0.885. The average molecular weight is 218 g/mol. The Labute approximate surface area is 96.9 Å². The van der Waals surface area contributed by atoms with Gasteiger partial charge in [0.2, 0.25) is 0 Å². The highest BCUT2D eigenvalue weighted by molar-refractivity contribution is 5.53. The quantitative estimate of drug-likeness (QED) is 0.795. The molecule has 0 aliphatic carbocycles. The van der Waals surface area contributed by atoms with Crippen LogP contribution in [0.2, 0.25) is 0 Å². The molecular formula is C12H18N4. The smallest absolute Gasteiger partial charge is 0.127 e. The number of rotatable bonds is 6. The fourth-order valence-corrected chi connectivity index (χ4v) is 1.55. The van der Waals surface area contributed by atoms with Crippen LogP contribution in [-0.4, -0.2) is 24.6 Å². The molecule has 0 aliphatic heterocycles. The molecule has 1 rings (SSSR count). The first-order valence-corrected chi connectivity index (χ1v) is 5.63. The van der Waals surface area contributed by atoms with E-state index < -0.39 is 0 Å². The molecule has 0 bridgehead atoms. The molecule has 1 heterocycles. The highest BCUT2D eigenvalue weighted by Crippen LogP contribution is 2.17. The Balaban J connectivity index is 2.75. The summed E-state index contributed by atoms with van der Waals surface area (Å²) in [5, 5.41) is 11.8. The summed E-state index contributed by atoms with van der Waals surface area (Å²) in [4.78, 5) is 6.40. The van der Waals surface area contributed by atoms with E-state index in [0.717, 1.165) is 31.1 Å². The third kappa shape index (κ3) is 3.43. The minimum atomic E-state index is 0.548. The van der Waals surface area contributed by atoms with Gasteiger partial charge in [-0.3, -0.25) is 0 Å². The summed E-state index contributed by atoms with van der Waals surface area (Å²) in [6.07, 6.45) is 2.34. The highest BCUT2D eigenvalue weighted by atomic mass is 15.1. The molecule has 0 saturated heterocycles. The van der Waals surface area contributed by atoms with Crippen molar-refractivity contribution in [3.8, 4) is 6.07 Å². The molecule has 0 aliphatic rings. The van der Waals surface area contributed by atoms with Crippen molar-refractivity contribution < 1.29 is 0 Å². The first kappa shape index (κ1) is 12.3. The van der Waals surface area contributed by atoms with E-state index in [1.807, 2.05) is 19.1 Å². The summed E-state index contributed by atoms with van der Waals surface area (Å²) >= 11 is 0. The van der Waals surface area contributed by atoms with Crippen molar-refractivity contribution in [1.29, 1.82) is 5.26 Å². The Morgan fingerprint density at radius 3 is 2.94 bits per heavy atom. The highest BCUT2D eigenvalue weighted by Gasteiger charge is 2.04. The maximum Gasteiger partial charge on any atom is 0.127 e. The lowest BCUT2D eigenvalue weighted by Crippen LogP contribution is -2.23. The monoisotopic (exact) mass is 218 g/mol. The third-order valence-corrected chi connectivity index (χ3v) is 2.34. The van der Waals surface area contributed by atoms with Gasteiger partial charge in [-0.05, 0) is 19.9 Å². The fourth-order valence-electron chi connectivity index (χ4n) is 1.55. The second-order valence-electron chi connectivity index (χ2n) is 3.42. The molecule has 0 radical (unpaired) electrons. The van der Waals surface area contributed by atoms with Crippen LogP contribution < -0.4 is 10.2 Å². The van der Waals surface area contributed by atoms with E-state index in [9.17, 15) is 0 Å². The van der Waals surface area contributed by atoms with Gasteiger partial charge in [-0.25, -0.2) is 4.98 Å². The zero-order valence-electron chi connectivity index (χ0n) is 9.90. The van der Waals surface area contributed by atoms with E-state index in [4.69, 9.17) is 5.26 Å². The van der Waals surface area contributed by atoms with Crippen LogP contribution in [0, 0.1) is 11.3 Å². The number of pyridine rings is 1. The summed E-state index contributed by atoms with van der Waals surface area (Å²) in [7, 11) is 0. The van der Waals surface area contributed by atoms with Crippen molar-refractivity contribution in [2.45, 2.75) is 20.3 Å². The topological polar surface area (TPSA) is 52.0 Å². The fraction of sp³-hybridized carbons (Fsp3) is 0.500. The van der Waals surface area contributed by atoms with Gasteiger partial charge in [0, 0.05) is 37.6 Å². The van der Waals surface area contributed by atoms with Gasteiger partial charge < -0.3 is 10.2 Å². The van der Waals surface area contributed by atoms with E-state index in [1.165, 1.54) is 0 Å². The predicted molar refractivity (Wildman–Crippen MR) is 66.5 cm³/mol. The van der Waals surface area contributed by atoms with E-state index in [0.29, 0.717) is 6.42 Å². The molecule has 0 aromatic carbocycles. The van der Waals surface area contributed by atoms with Crippen LogP contribution in [-0.2, 0) is 0 Å². The summed E-state index contributed by atoms with van der Waals surface area (Å²) in [6, 6.07) is 6.16. The molecule has 0 fully saturated rings. The van der Waals surface area contributed by atoms with Crippen LogP contribution in [0.5, 0.6) is 0 Å². The van der Waals surface area contributed by atoms with Gasteiger partial charge in [-0.1, -0.05) is 0 Å². The molecular weight excluding hydrogens is 200 g/mol. The van der Waals surface area contributed by atoms with Gasteiger partial charge in [0.1, 0.15) is 5.82 Å². The first-order valence-electron chi connectivity index (χ1n) is 5.63. The Kier molecular flexibility index (Phi) is 5.13. The lowest BCUT2D eigenvalue weighted by Gasteiger charge is -2.22. The standard InChI is InChI=1S/C12H18N4/c1-3-14-12-10-11(6-8-15-12)16(4-2)9-5-7-13/h6,8,10H,3-5,9H2,1-2H3,(H,14,15). The third-order valence-electron chi connectivity index (χ3n) is 2.34. The molecule has 0 amide bonds. The van der Waals surface area contributed by atoms with E-state index >= 15 is 0 Å². The normalized spacial score (nSPS) is 9.56. The Morgan fingerprint density at radius 1 is 1.50 bits per heavy atom. The second-order valence-corrected chi connectivity index (χ2v) is 3.42. The summed E-state index contributed by atoms with van der Waals surface area (Å²) < 4.78 is 0. The molecule has 4 nitrogen and oxygen atoms in total. The van der Waals surface area contributed by atoms with E-state index in [2.05, 4.69) is 28.2 Å². The van der Waals surface area contributed by atoms with Crippen molar-refractivity contribution in [3.05, 3.63) is 18.3 Å². The number of anilines is 2. The predicted octanol–water partition coefficient (Wildman–Crippen LogP) is 2.25. The Hall–Kier alpha value is -1.76. The van der Waals surface area contributed by atoms with Crippen LogP contribution >= 0.6 is 0 Å². The number of aromatic nitrogens is 1. The molecule has 0 spiro atoms. The van der Waals surface area contributed by atoms with E-state index in [1.54, 1.807) is 6.20 Å². The second kappa shape index (κ2) is 6.67. The molecule has 0 unspecified atom stereocenters. The summed E-state index contributed by atoms with van der Waals surface area (Å²) in [6.45, 7) is 6.66. The SMILES string of the molecule is CCNc1cc(N(CC)CCC#N)ccn1. The molecule has 86 valence electrons. The van der Waals surface area contributed by atoms with Crippen molar-refractivity contribution in [2.75, 3.05) is 29.9 Å². The van der Waals surface area contributed by atoms with Gasteiger partial charge in [-0.15, -0.1) is 0 Å². The number of hydrogen-bond donors (Lipinski definition) is 1. The van der Waals surface area contributed by atoms with Gasteiger partial charge in [0.05, 0.1) is 12.5 Å². The number of nitrogens with zero attached hydrogens (tertiary/aromatic N) is 3. The maximum absolute atomic E-state index is 8.60. The van der Waals surface area contributed by atoms with Gasteiger partial charge in [-0.2, -0.15) is 5.26 Å². The molecule has 0 saturated carbocycles. The molecule has 16 heavy (non-hydrogen) atoms. The van der Waals surface area contributed by atoms with Crippen LogP contribution in [0.4, 0.5) is 11.5 Å². The molecule has 0 atom stereocenters. The van der Waals surface area contributed by atoms with Gasteiger partial charge >= 0.3 is 0 Å².